The molecule has 0 aromatic heterocycles. The molecule has 0 aromatic carbocycles. The number of rotatable bonds is 6. The molecular weight excluding hydrogens is 264 g/mol. The zero-order chi connectivity index (χ0) is 14.6. The molecule has 0 spiro atoms. The molecule has 7 nitrogen and oxygen atoms in total. The number of hydrogen-bond acceptors (Lipinski definition) is 5. The smallest absolute Gasteiger partial charge is 0.325 e. The van der Waals surface area contributed by atoms with Gasteiger partial charge in [0.05, 0.1) is 19.8 Å². The number of hydrogen-bond donors (Lipinski definition) is 1. The third-order valence-electron chi connectivity index (χ3n) is 3.53. The highest BCUT2D eigenvalue weighted by molar-refractivity contribution is 6.06. The first-order valence-electron chi connectivity index (χ1n) is 6.93. The van der Waals surface area contributed by atoms with E-state index in [0.29, 0.717) is 6.61 Å². The Hall–Kier alpha value is -1.18. The highest BCUT2D eigenvalue weighted by Crippen LogP contribution is 2.18. The predicted molar refractivity (Wildman–Crippen MR) is 70.1 cm³/mol. The molecule has 20 heavy (non-hydrogen) atoms. The van der Waals surface area contributed by atoms with Crippen LogP contribution < -0.4 is 5.32 Å². The Morgan fingerprint density at radius 1 is 1.45 bits per heavy atom. The fourth-order valence-corrected chi connectivity index (χ4v) is 2.45. The van der Waals surface area contributed by atoms with Crippen LogP contribution in [0.4, 0.5) is 4.79 Å². The first kappa shape index (κ1) is 15.2. The molecule has 3 amide bonds. The first-order valence-corrected chi connectivity index (χ1v) is 6.93. The molecule has 0 aromatic rings. The van der Waals surface area contributed by atoms with Crippen LogP contribution in [0.2, 0.25) is 0 Å². The van der Waals surface area contributed by atoms with E-state index in [9.17, 15) is 9.59 Å². The van der Waals surface area contributed by atoms with E-state index in [1.165, 1.54) is 12.0 Å². The number of nitrogens with one attached hydrogen (secondary N) is 1. The molecule has 114 valence electrons. The summed E-state index contributed by atoms with van der Waals surface area (Å²) >= 11 is 0. The standard InChI is InChI=1S/C13H22N2O5/c1-13(9-18-2)11(16)15(12(17)14-13)6-8-20-10-5-3-4-7-19-10/h10H,3-9H2,1-2H3,(H,14,17)/t10-,13+/m1/s1. The van der Waals surface area contributed by atoms with Crippen molar-refractivity contribution in [3.05, 3.63) is 0 Å². The second kappa shape index (κ2) is 6.51. The van der Waals surface area contributed by atoms with Crippen molar-refractivity contribution in [3.63, 3.8) is 0 Å². The lowest BCUT2D eigenvalue weighted by atomic mass is 10.0. The highest BCUT2D eigenvalue weighted by atomic mass is 16.7. The molecule has 2 fully saturated rings. The van der Waals surface area contributed by atoms with E-state index >= 15 is 0 Å². The van der Waals surface area contributed by atoms with Crippen LogP contribution >= 0.6 is 0 Å². The van der Waals surface area contributed by atoms with Gasteiger partial charge in [-0.1, -0.05) is 0 Å². The van der Waals surface area contributed by atoms with Crippen LogP contribution in [0.25, 0.3) is 0 Å². The van der Waals surface area contributed by atoms with Crippen LogP contribution in [0.15, 0.2) is 0 Å². The van der Waals surface area contributed by atoms with E-state index in [2.05, 4.69) is 5.32 Å². The third-order valence-corrected chi connectivity index (χ3v) is 3.53. The fraction of sp³-hybridized carbons (Fsp3) is 0.846. The quantitative estimate of drug-likeness (QED) is 0.719. The largest absolute Gasteiger partial charge is 0.382 e. The molecule has 2 aliphatic rings. The van der Waals surface area contributed by atoms with E-state index in [0.717, 1.165) is 19.3 Å². The lowest BCUT2D eigenvalue weighted by Crippen LogP contribution is -2.48. The number of imide groups is 1. The maximum atomic E-state index is 12.2. The molecular formula is C13H22N2O5. The second-order valence-electron chi connectivity index (χ2n) is 5.32. The lowest BCUT2D eigenvalue weighted by Gasteiger charge is -2.24. The van der Waals surface area contributed by atoms with E-state index in [1.54, 1.807) is 6.92 Å². The zero-order valence-corrected chi connectivity index (χ0v) is 12.0. The number of ether oxygens (including phenoxy) is 3. The number of amides is 3. The van der Waals surface area contributed by atoms with Gasteiger partial charge in [-0.3, -0.25) is 9.69 Å². The minimum Gasteiger partial charge on any atom is -0.382 e. The van der Waals surface area contributed by atoms with Gasteiger partial charge >= 0.3 is 6.03 Å². The summed E-state index contributed by atoms with van der Waals surface area (Å²) in [6.07, 6.45) is 2.79. The van der Waals surface area contributed by atoms with Gasteiger partial charge < -0.3 is 19.5 Å². The molecule has 1 N–H and O–H groups in total. The maximum absolute atomic E-state index is 12.2. The minimum absolute atomic E-state index is 0.153. The van der Waals surface area contributed by atoms with Gasteiger partial charge in [-0.2, -0.15) is 0 Å². The van der Waals surface area contributed by atoms with Gasteiger partial charge in [-0.25, -0.2) is 4.79 Å². The summed E-state index contributed by atoms with van der Waals surface area (Å²) in [5.41, 5.74) is -0.979. The van der Waals surface area contributed by atoms with Crippen LogP contribution in [0.1, 0.15) is 26.2 Å². The van der Waals surface area contributed by atoms with Gasteiger partial charge in [-0.15, -0.1) is 0 Å². The Labute approximate surface area is 118 Å². The average Bonchev–Trinajstić information content (AvgIpc) is 2.63. The van der Waals surface area contributed by atoms with Gasteiger partial charge in [0, 0.05) is 13.7 Å². The van der Waals surface area contributed by atoms with Crippen molar-refractivity contribution in [2.75, 3.05) is 33.5 Å². The molecule has 2 atom stereocenters. The van der Waals surface area contributed by atoms with Gasteiger partial charge in [0.2, 0.25) is 0 Å². The highest BCUT2D eigenvalue weighted by Gasteiger charge is 2.47. The van der Waals surface area contributed by atoms with Gasteiger partial charge in [-0.05, 0) is 26.2 Å². The molecule has 0 saturated carbocycles. The van der Waals surface area contributed by atoms with E-state index in [-0.39, 0.29) is 32.0 Å². The van der Waals surface area contributed by atoms with Crippen LogP contribution in [0.5, 0.6) is 0 Å². The van der Waals surface area contributed by atoms with Crippen molar-refractivity contribution in [2.45, 2.75) is 38.0 Å². The van der Waals surface area contributed by atoms with E-state index < -0.39 is 11.6 Å². The summed E-state index contributed by atoms with van der Waals surface area (Å²) in [4.78, 5) is 25.2. The van der Waals surface area contributed by atoms with Crippen LogP contribution in [0, 0.1) is 0 Å². The number of carbonyl (C=O) groups is 2. The van der Waals surface area contributed by atoms with Crippen LogP contribution in [0.3, 0.4) is 0 Å². The summed E-state index contributed by atoms with van der Waals surface area (Å²) in [7, 11) is 1.50. The van der Waals surface area contributed by atoms with Gasteiger partial charge in [0.25, 0.3) is 5.91 Å². The summed E-state index contributed by atoms with van der Waals surface area (Å²) in [6, 6.07) is -0.400. The van der Waals surface area contributed by atoms with Gasteiger partial charge in [0.15, 0.2) is 6.29 Å². The summed E-state index contributed by atoms with van der Waals surface area (Å²) < 4.78 is 16.0. The number of methoxy groups -OCH3 is 1. The third kappa shape index (κ3) is 3.28. The molecule has 2 heterocycles. The van der Waals surface area contributed by atoms with Gasteiger partial charge in [0.1, 0.15) is 5.54 Å². The van der Waals surface area contributed by atoms with E-state index in [1.807, 2.05) is 0 Å². The molecule has 0 radical (unpaired) electrons. The average molecular weight is 286 g/mol. The molecule has 0 bridgehead atoms. The van der Waals surface area contributed by atoms with Crippen LogP contribution in [-0.2, 0) is 19.0 Å². The Bertz CT molecular complexity index is 370. The Balaban J connectivity index is 1.80. The molecule has 7 heteroatoms. The lowest BCUT2D eigenvalue weighted by molar-refractivity contribution is -0.164. The fourth-order valence-electron chi connectivity index (χ4n) is 2.45. The van der Waals surface area contributed by atoms with Crippen molar-refractivity contribution in [1.82, 2.24) is 10.2 Å². The van der Waals surface area contributed by atoms with Crippen molar-refractivity contribution in [1.29, 1.82) is 0 Å². The van der Waals surface area contributed by atoms with E-state index in [4.69, 9.17) is 14.2 Å². The van der Waals surface area contributed by atoms with Crippen LogP contribution in [-0.4, -0.2) is 62.1 Å². The topological polar surface area (TPSA) is 77.1 Å². The number of carbonyl (C=O) groups excluding carboxylic acids is 2. The Morgan fingerprint density at radius 2 is 2.25 bits per heavy atom. The Kier molecular flexibility index (Phi) is 4.95. The first-order chi connectivity index (χ1) is 9.57. The zero-order valence-electron chi connectivity index (χ0n) is 12.0. The van der Waals surface area contributed by atoms with Crippen molar-refractivity contribution in [3.8, 4) is 0 Å². The molecule has 0 aliphatic carbocycles. The minimum atomic E-state index is -0.979. The summed E-state index contributed by atoms with van der Waals surface area (Å²) in [5.74, 6) is -0.280. The number of nitrogens with zero attached hydrogens (tertiary/aromatic N) is 1. The maximum Gasteiger partial charge on any atom is 0.325 e. The predicted octanol–water partition coefficient (Wildman–Crippen LogP) is 0.486. The molecule has 2 saturated heterocycles. The summed E-state index contributed by atoms with van der Waals surface area (Å²) in [5, 5.41) is 2.65. The van der Waals surface area contributed by atoms with Crippen molar-refractivity contribution >= 4 is 11.9 Å². The molecule has 2 rings (SSSR count). The molecule has 0 unspecified atom stereocenters. The normalized spacial score (nSPS) is 30.7. The Morgan fingerprint density at radius 3 is 2.90 bits per heavy atom. The monoisotopic (exact) mass is 286 g/mol. The SMILES string of the molecule is COC[C@]1(C)NC(=O)N(CCO[C@@H]2CCCCO2)C1=O. The summed E-state index contributed by atoms with van der Waals surface area (Å²) in [6.45, 7) is 3.03. The molecule has 2 aliphatic heterocycles. The van der Waals surface area contributed by atoms with Crippen molar-refractivity contribution in [2.24, 2.45) is 0 Å². The second-order valence-corrected chi connectivity index (χ2v) is 5.32. The number of urea groups is 1. The van der Waals surface area contributed by atoms with Crippen molar-refractivity contribution < 1.29 is 23.8 Å².